The number of aromatic nitrogens is 2. The van der Waals surface area contributed by atoms with Crippen LogP contribution in [0.5, 0.6) is 0 Å². The number of benzene rings is 2. The third-order valence-electron chi connectivity index (χ3n) is 6.24. The van der Waals surface area contributed by atoms with E-state index in [0.29, 0.717) is 6.42 Å². The number of aryl methyl sites for hydroxylation is 1. The summed E-state index contributed by atoms with van der Waals surface area (Å²) in [6, 6.07) is 18.3. The number of carbonyl (C=O) groups excluding carboxylic acids is 1. The lowest BCUT2D eigenvalue weighted by molar-refractivity contribution is -0.121. The Hall–Kier alpha value is -3.21. The quantitative estimate of drug-likeness (QED) is 0.141. The van der Waals surface area contributed by atoms with Crippen LogP contribution in [0.2, 0.25) is 0 Å². The molecule has 0 saturated heterocycles. The summed E-state index contributed by atoms with van der Waals surface area (Å²) in [7, 11) is 0. The Bertz CT molecular complexity index is 1040. The van der Waals surface area contributed by atoms with Crippen LogP contribution in [-0.4, -0.2) is 21.9 Å². The van der Waals surface area contributed by atoms with Crippen molar-refractivity contribution in [2.24, 2.45) is 5.10 Å². The summed E-state index contributed by atoms with van der Waals surface area (Å²) in [6.45, 7) is 4.32. The van der Waals surface area contributed by atoms with E-state index >= 15 is 0 Å². The number of hydrogen-bond donors (Lipinski definition) is 1. The maximum Gasteiger partial charge on any atom is 0.240 e. The zero-order chi connectivity index (χ0) is 24.7. The lowest BCUT2D eigenvalue weighted by Gasteiger charge is -2.02. The van der Waals surface area contributed by atoms with Gasteiger partial charge in [0, 0.05) is 23.7 Å². The fourth-order valence-corrected chi connectivity index (χ4v) is 4.13. The third kappa shape index (κ3) is 9.16. The second-order valence-electron chi connectivity index (χ2n) is 9.30. The summed E-state index contributed by atoms with van der Waals surface area (Å²) in [4.78, 5) is 12.2. The Morgan fingerprint density at radius 2 is 1.51 bits per heavy atom. The van der Waals surface area contributed by atoms with E-state index in [4.69, 9.17) is 5.10 Å². The molecule has 3 aromatic rings. The average molecular weight is 473 g/mol. The maximum absolute atomic E-state index is 12.2. The van der Waals surface area contributed by atoms with Crippen molar-refractivity contribution in [1.82, 2.24) is 15.2 Å². The molecule has 0 spiro atoms. The number of amides is 1. The van der Waals surface area contributed by atoms with Gasteiger partial charge in [-0.15, -0.1) is 0 Å². The van der Waals surface area contributed by atoms with Crippen LogP contribution in [0.25, 0.3) is 16.9 Å². The summed E-state index contributed by atoms with van der Waals surface area (Å²) < 4.78 is 1.85. The number of para-hydroxylation sites is 1. The highest BCUT2D eigenvalue weighted by atomic mass is 16.2. The van der Waals surface area contributed by atoms with Gasteiger partial charge in [0.05, 0.1) is 11.9 Å². The van der Waals surface area contributed by atoms with Crippen LogP contribution in [0.1, 0.15) is 88.7 Å². The normalized spacial score (nSPS) is 11.3. The van der Waals surface area contributed by atoms with Gasteiger partial charge in [0.2, 0.25) is 5.91 Å². The minimum absolute atomic E-state index is 0.0341. The number of carbonyl (C=O) groups is 1. The van der Waals surface area contributed by atoms with Gasteiger partial charge in [-0.1, -0.05) is 113 Å². The zero-order valence-corrected chi connectivity index (χ0v) is 21.4. The molecule has 186 valence electrons. The van der Waals surface area contributed by atoms with Crippen molar-refractivity contribution in [3.8, 4) is 16.9 Å². The highest BCUT2D eigenvalue weighted by molar-refractivity contribution is 5.89. The van der Waals surface area contributed by atoms with Crippen LogP contribution < -0.4 is 5.43 Å². The molecule has 1 aromatic heterocycles. The minimum Gasteiger partial charge on any atom is -0.273 e. The van der Waals surface area contributed by atoms with Crippen molar-refractivity contribution in [3.63, 3.8) is 0 Å². The Kier molecular flexibility index (Phi) is 11.3. The molecule has 0 bridgehead atoms. The molecule has 35 heavy (non-hydrogen) atoms. The molecule has 1 heterocycles. The topological polar surface area (TPSA) is 59.3 Å². The first-order valence-corrected chi connectivity index (χ1v) is 13.2. The first-order valence-electron chi connectivity index (χ1n) is 13.2. The molecule has 0 aliphatic heterocycles. The van der Waals surface area contributed by atoms with E-state index in [1.165, 1.54) is 56.9 Å². The first-order chi connectivity index (χ1) is 17.2. The standard InChI is InChI=1S/C30H40N4O/c1-3-4-5-6-7-8-9-10-11-15-18-29(35)32-31-23-27-24-34(28-16-13-12-14-17-28)33-30(27)26-21-19-25(2)20-22-26/h12-14,16-17,19-24H,3-11,15,18H2,1-2H3,(H,32,35)/b31-23-. The van der Waals surface area contributed by atoms with E-state index in [-0.39, 0.29) is 5.91 Å². The summed E-state index contributed by atoms with van der Waals surface area (Å²) >= 11 is 0. The lowest BCUT2D eigenvalue weighted by Crippen LogP contribution is -2.16. The van der Waals surface area contributed by atoms with Crippen LogP contribution in [0, 0.1) is 6.92 Å². The van der Waals surface area contributed by atoms with Gasteiger partial charge in [0.25, 0.3) is 0 Å². The Morgan fingerprint density at radius 1 is 0.886 bits per heavy atom. The summed E-state index contributed by atoms with van der Waals surface area (Å²) in [6.07, 6.45) is 16.7. The highest BCUT2D eigenvalue weighted by Crippen LogP contribution is 2.23. The van der Waals surface area contributed by atoms with Crippen LogP contribution in [0.15, 0.2) is 65.9 Å². The summed E-state index contributed by atoms with van der Waals surface area (Å²) in [5.41, 5.74) is 7.58. The molecule has 0 unspecified atom stereocenters. The number of hydrazone groups is 1. The predicted octanol–water partition coefficient (Wildman–Crippen LogP) is 7.61. The number of nitrogens with zero attached hydrogens (tertiary/aromatic N) is 3. The molecule has 0 saturated carbocycles. The predicted molar refractivity (Wildman–Crippen MR) is 146 cm³/mol. The van der Waals surface area contributed by atoms with Gasteiger partial charge >= 0.3 is 0 Å². The number of nitrogens with one attached hydrogen (secondary N) is 1. The molecular weight excluding hydrogens is 432 g/mol. The molecule has 3 rings (SSSR count). The molecule has 5 nitrogen and oxygen atoms in total. The molecular formula is C30H40N4O. The average Bonchev–Trinajstić information content (AvgIpc) is 3.30. The van der Waals surface area contributed by atoms with Gasteiger partial charge in [-0.2, -0.15) is 10.2 Å². The molecule has 0 fully saturated rings. The van der Waals surface area contributed by atoms with E-state index in [2.05, 4.69) is 48.6 Å². The van der Waals surface area contributed by atoms with E-state index in [1.807, 2.05) is 41.2 Å². The fraction of sp³-hybridized carbons (Fsp3) is 0.433. The molecule has 2 aromatic carbocycles. The Labute approximate surface area is 210 Å². The zero-order valence-electron chi connectivity index (χ0n) is 21.4. The second kappa shape index (κ2) is 14.9. The van der Waals surface area contributed by atoms with Crippen LogP contribution in [0.3, 0.4) is 0 Å². The summed E-state index contributed by atoms with van der Waals surface area (Å²) in [5, 5.41) is 9.03. The maximum atomic E-state index is 12.2. The van der Waals surface area contributed by atoms with Crippen molar-refractivity contribution >= 4 is 12.1 Å². The van der Waals surface area contributed by atoms with Crippen molar-refractivity contribution in [3.05, 3.63) is 71.9 Å². The first kappa shape index (κ1) is 26.4. The van der Waals surface area contributed by atoms with Crippen molar-refractivity contribution in [1.29, 1.82) is 0 Å². The van der Waals surface area contributed by atoms with Gasteiger partial charge in [-0.25, -0.2) is 10.1 Å². The number of hydrogen-bond acceptors (Lipinski definition) is 3. The monoisotopic (exact) mass is 472 g/mol. The van der Waals surface area contributed by atoms with Crippen molar-refractivity contribution < 1.29 is 4.79 Å². The minimum atomic E-state index is -0.0341. The fourth-order valence-electron chi connectivity index (χ4n) is 4.13. The summed E-state index contributed by atoms with van der Waals surface area (Å²) in [5.74, 6) is -0.0341. The van der Waals surface area contributed by atoms with Crippen LogP contribution >= 0.6 is 0 Å². The number of unbranched alkanes of at least 4 members (excludes halogenated alkanes) is 9. The molecule has 0 atom stereocenters. The van der Waals surface area contributed by atoms with Gasteiger partial charge in [0.1, 0.15) is 5.69 Å². The smallest absolute Gasteiger partial charge is 0.240 e. The largest absolute Gasteiger partial charge is 0.273 e. The highest BCUT2D eigenvalue weighted by Gasteiger charge is 2.11. The van der Waals surface area contributed by atoms with Crippen LogP contribution in [-0.2, 0) is 4.79 Å². The van der Waals surface area contributed by atoms with Gasteiger partial charge in [-0.3, -0.25) is 4.79 Å². The van der Waals surface area contributed by atoms with E-state index in [9.17, 15) is 4.79 Å². The molecule has 0 aliphatic rings. The molecule has 5 heteroatoms. The molecule has 1 amide bonds. The van der Waals surface area contributed by atoms with Crippen molar-refractivity contribution in [2.75, 3.05) is 0 Å². The molecule has 0 aliphatic carbocycles. The molecule has 1 N–H and O–H groups in total. The molecule has 0 radical (unpaired) electrons. The lowest BCUT2D eigenvalue weighted by atomic mass is 10.1. The van der Waals surface area contributed by atoms with E-state index in [0.717, 1.165) is 35.3 Å². The Morgan fingerprint density at radius 3 is 2.17 bits per heavy atom. The second-order valence-corrected chi connectivity index (χ2v) is 9.30. The van der Waals surface area contributed by atoms with Crippen molar-refractivity contribution in [2.45, 2.75) is 84.5 Å². The van der Waals surface area contributed by atoms with Crippen LogP contribution in [0.4, 0.5) is 0 Å². The van der Waals surface area contributed by atoms with Gasteiger partial charge in [-0.05, 0) is 25.5 Å². The van der Waals surface area contributed by atoms with E-state index in [1.54, 1.807) is 6.21 Å². The van der Waals surface area contributed by atoms with E-state index < -0.39 is 0 Å². The third-order valence-corrected chi connectivity index (χ3v) is 6.24. The SMILES string of the molecule is CCCCCCCCCCCCC(=O)N/N=C\c1cn(-c2ccccc2)nc1-c1ccc(C)cc1. The Balaban J connectivity index is 1.48. The number of rotatable bonds is 15. The van der Waals surface area contributed by atoms with Gasteiger partial charge < -0.3 is 0 Å². The van der Waals surface area contributed by atoms with Gasteiger partial charge in [0.15, 0.2) is 0 Å².